The van der Waals surface area contributed by atoms with E-state index in [1.807, 2.05) is 9.80 Å². The van der Waals surface area contributed by atoms with Crippen molar-refractivity contribution in [3.8, 4) is 0 Å². The maximum absolute atomic E-state index is 12.7. The fourth-order valence-corrected chi connectivity index (χ4v) is 4.08. The molecule has 2 amide bonds. The molecule has 1 aromatic heterocycles. The minimum Gasteiger partial charge on any atom is -0.381 e. The lowest BCUT2D eigenvalue weighted by Gasteiger charge is -2.29. The van der Waals surface area contributed by atoms with Gasteiger partial charge in [-0.25, -0.2) is 0 Å². The number of carbonyl (C=O) groups excluding carboxylic acids is 2. The first-order chi connectivity index (χ1) is 13.1. The van der Waals surface area contributed by atoms with Gasteiger partial charge in [0.15, 0.2) is 5.82 Å². The molecule has 0 radical (unpaired) electrons. The van der Waals surface area contributed by atoms with E-state index in [2.05, 4.69) is 10.1 Å². The molecule has 0 spiro atoms. The van der Waals surface area contributed by atoms with E-state index >= 15 is 0 Å². The van der Waals surface area contributed by atoms with Crippen LogP contribution in [0.2, 0.25) is 0 Å². The van der Waals surface area contributed by atoms with Crippen LogP contribution in [0.25, 0.3) is 0 Å². The summed E-state index contributed by atoms with van der Waals surface area (Å²) in [5, 5.41) is 4.04. The molecule has 148 valence electrons. The molecule has 3 aliphatic rings. The number of nitrogens with zero attached hydrogens (tertiary/aromatic N) is 4. The standard InChI is InChI=1S/C19H28N4O4/c1-13(24)23(9-5-17-20-18(27-21-17)14-2-3-14)16-4-8-22(12-16)19(25)15-6-10-26-11-7-15/h14-16H,2-12H2,1H3. The van der Waals surface area contributed by atoms with Crippen molar-refractivity contribution in [2.24, 2.45) is 5.92 Å². The summed E-state index contributed by atoms with van der Waals surface area (Å²) in [7, 11) is 0. The summed E-state index contributed by atoms with van der Waals surface area (Å²) in [6, 6.07) is 0.0705. The number of aromatic nitrogens is 2. The second kappa shape index (κ2) is 7.96. The van der Waals surface area contributed by atoms with Gasteiger partial charge in [0.25, 0.3) is 0 Å². The number of ether oxygens (including phenoxy) is 1. The van der Waals surface area contributed by atoms with Crippen LogP contribution in [0.15, 0.2) is 4.52 Å². The highest BCUT2D eigenvalue weighted by Crippen LogP contribution is 2.38. The predicted octanol–water partition coefficient (Wildman–Crippen LogP) is 1.37. The first-order valence-corrected chi connectivity index (χ1v) is 10.1. The molecule has 3 fully saturated rings. The number of rotatable bonds is 6. The largest absolute Gasteiger partial charge is 0.381 e. The van der Waals surface area contributed by atoms with Gasteiger partial charge in [-0.15, -0.1) is 0 Å². The minimum absolute atomic E-state index is 0.0336. The Hall–Kier alpha value is -1.96. The molecule has 0 N–H and O–H groups in total. The van der Waals surface area contributed by atoms with Crippen LogP contribution in [0.1, 0.15) is 56.7 Å². The lowest BCUT2D eigenvalue weighted by molar-refractivity contribution is -0.138. The number of hydrogen-bond donors (Lipinski definition) is 0. The zero-order chi connectivity index (χ0) is 18.8. The molecule has 1 unspecified atom stereocenters. The second-order valence-corrected chi connectivity index (χ2v) is 7.90. The van der Waals surface area contributed by atoms with Gasteiger partial charge < -0.3 is 19.1 Å². The summed E-state index contributed by atoms with van der Waals surface area (Å²) in [6.45, 7) is 4.83. The molecule has 2 aliphatic heterocycles. The maximum atomic E-state index is 12.7. The number of carbonyl (C=O) groups is 2. The Labute approximate surface area is 159 Å². The SMILES string of the molecule is CC(=O)N(CCc1noc(C2CC2)n1)C1CCN(C(=O)C2CCOCC2)C1. The first-order valence-electron chi connectivity index (χ1n) is 10.1. The lowest BCUT2D eigenvalue weighted by atomic mass is 9.99. The molecular formula is C19H28N4O4. The van der Waals surface area contributed by atoms with Crippen molar-refractivity contribution in [3.05, 3.63) is 11.7 Å². The van der Waals surface area contributed by atoms with Crippen LogP contribution in [0.3, 0.4) is 0 Å². The Balaban J connectivity index is 1.31. The van der Waals surface area contributed by atoms with Crippen LogP contribution in [-0.4, -0.2) is 70.6 Å². The van der Waals surface area contributed by atoms with Crippen LogP contribution in [0, 0.1) is 5.92 Å². The summed E-state index contributed by atoms with van der Waals surface area (Å²) < 4.78 is 10.6. The maximum Gasteiger partial charge on any atom is 0.229 e. The normalized spacial score (nSPS) is 23.6. The van der Waals surface area contributed by atoms with E-state index in [-0.39, 0.29) is 23.8 Å². The van der Waals surface area contributed by atoms with E-state index in [0.717, 1.165) is 44.5 Å². The van der Waals surface area contributed by atoms with Crippen LogP contribution < -0.4 is 0 Å². The highest BCUT2D eigenvalue weighted by molar-refractivity contribution is 5.79. The third-order valence-corrected chi connectivity index (χ3v) is 5.88. The molecule has 1 aromatic rings. The van der Waals surface area contributed by atoms with Gasteiger partial charge in [0, 0.05) is 58.0 Å². The molecule has 8 nitrogen and oxygen atoms in total. The van der Waals surface area contributed by atoms with Gasteiger partial charge in [0.1, 0.15) is 0 Å². The van der Waals surface area contributed by atoms with Crippen LogP contribution in [0.5, 0.6) is 0 Å². The van der Waals surface area contributed by atoms with Crippen molar-refractivity contribution in [2.75, 3.05) is 32.8 Å². The van der Waals surface area contributed by atoms with E-state index in [4.69, 9.17) is 9.26 Å². The minimum atomic E-state index is 0.0336. The topological polar surface area (TPSA) is 88.8 Å². The van der Waals surface area contributed by atoms with Gasteiger partial charge >= 0.3 is 0 Å². The first kappa shape index (κ1) is 18.4. The Morgan fingerprint density at radius 3 is 2.67 bits per heavy atom. The highest BCUT2D eigenvalue weighted by atomic mass is 16.5. The Bertz CT molecular complexity index is 681. The summed E-state index contributed by atoms with van der Waals surface area (Å²) in [4.78, 5) is 33.2. The molecule has 1 aliphatic carbocycles. The second-order valence-electron chi connectivity index (χ2n) is 7.90. The van der Waals surface area contributed by atoms with Gasteiger partial charge in [-0.2, -0.15) is 4.98 Å². The average Bonchev–Trinajstić information content (AvgIpc) is 3.23. The average molecular weight is 376 g/mol. The molecule has 3 heterocycles. The van der Waals surface area contributed by atoms with E-state index < -0.39 is 0 Å². The van der Waals surface area contributed by atoms with Crippen molar-refractivity contribution in [1.29, 1.82) is 0 Å². The Morgan fingerprint density at radius 1 is 1.19 bits per heavy atom. The molecule has 27 heavy (non-hydrogen) atoms. The molecule has 4 rings (SSSR count). The quantitative estimate of drug-likeness (QED) is 0.745. The zero-order valence-corrected chi connectivity index (χ0v) is 15.9. The van der Waals surface area contributed by atoms with E-state index in [0.29, 0.717) is 44.5 Å². The van der Waals surface area contributed by atoms with Crippen molar-refractivity contribution in [1.82, 2.24) is 19.9 Å². The molecule has 1 atom stereocenters. The number of hydrogen-bond acceptors (Lipinski definition) is 6. The summed E-state index contributed by atoms with van der Waals surface area (Å²) in [6.07, 6.45) is 5.27. The lowest BCUT2D eigenvalue weighted by Crippen LogP contribution is -2.44. The van der Waals surface area contributed by atoms with E-state index in [1.54, 1.807) is 6.92 Å². The third kappa shape index (κ3) is 4.31. The Kier molecular flexibility index (Phi) is 5.43. The van der Waals surface area contributed by atoms with Gasteiger partial charge in [0.2, 0.25) is 17.7 Å². The van der Waals surface area contributed by atoms with Gasteiger partial charge in [-0.3, -0.25) is 9.59 Å². The molecular weight excluding hydrogens is 348 g/mol. The molecule has 8 heteroatoms. The van der Waals surface area contributed by atoms with Crippen molar-refractivity contribution in [2.45, 2.75) is 57.4 Å². The molecule has 0 aromatic carbocycles. The number of amides is 2. The fraction of sp³-hybridized carbons (Fsp3) is 0.789. The van der Waals surface area contributed by atoms with Gasteiger partial charge in [0.05, 0.1) is 6.04 Å². The zero-order valence-electron chi connectivity index (χ0n) is 15.9. The van der Waals surface area contributed by atoms with E-state index in [1.165, 1.54) is 0 Å². The highest BCUT2D eigenvalue weighted by Gasteiger charge is 2.35. The summed E-state index contributed by atoms with van der Waals surface area (Å²) in [5.41, 5.74) is 0. The van der Waals surface area contributed by atoms with Gasteiger partial charge in [-0.05, 0) is 32.1 Å². The monoisotopic (exact) mass is 376 g/mol. The third-order valence-electron chi connectivity index (χ3n) is 5.88. The van der Waals surface area contributed by atoms with Gasteiger partial charge in [-0.1, -0.05) is 5.16 Å². The van der Waals surface area contributed by atoms with E-state index in [9.17, 15) is 9.59 Å². The van der Waals surface area contributed by atoms with Crippen LogP contribution >= 0.6 is 0 Å². The summed E-state index contributed by atoms with van der Waals surface area (Å²) >= 11 is 0. The van der Waals surface area contributed by atoms with Crippen molar-refractivity contribution >= 4 is 11.8 Å². The Morgan fingerprint density at radius 2 is 1.96 bits per heavy atom. The molecule has 2 saturated heterocycles. The predicted molar refractivity (Wildman–Crippen MR) is 95.9 cm³/mol. The smallest absolute Gasteiger partial charge is 0.229 e. The summed E-state index contributed by atoms with van der Waals surface area (Å²) in [5.74, 6) is 2.16. The van der Waals surface area contributed by atoms with Crippen molar-refractivity contribution < 1.29 is 18.8 Å². The molecule has 1 saturated carbocycles. The fourth-order valence-electron chi connectivity index (χ4n) is 4.08. The van der Waals surface area contributed by atoms with Crippen LogP contribution in [0.4, 0.5) is 0 Å². The number of likely N-dealkylation sites (tertiary alicyclic amines) is 1. The van der Waals surface area contributed by atoms with Crippen molar-refractivity contribution in [3.63, 3.8) is 0 Å². The van der Waals surface area contributed by atoms with Crippen LogP contribution in [-0.2, 0) is 20.7 Å². The molecule has 0 bridgehead atoms.